The lowest BCUT2D eigenvalue weighted by molar-refractivity contribution is -0.157. The van der Waals surface area contributed by atoms with Gasteiger partial charge in [-0.3, -0.25) is 0 Å². The van der Waals surface area contributed by atoms with Crippen molar-refractivity contribution in [2.75, 3.05) is 6.54 Å². The molecule has 5 rings (SSSR count). The molecule has 0 amide bonds. The fourth-order valence-electron chi connectivity index (χ4n) is 8.62. The summed E-state index contributed by atoms with van der Waals surface area (Å²) < 4.78 is 0. The summed E-state index contributed by atoms with van der Waals surface area (Å²) in [5, 5.41) is 22.3. The van der Waals surface area contributed by atoms with Gasteiger partial charge in [0.1, 0.15) is 0 Å². The Balaban J connectivity index is 1.68. The minimum absolute atomic E-state index is 0.0506. The summed E-state index contributed by atoms with van der Waals surface area (Å²) in [6, 6.07) is 1.80. The van der Waals surface area contributed by atoms with Crippen molar-refractivity contribution in [1.82, 2.24) is 0 Å². The van der Waals surface area contributed by atoms with Crippen LogP contribution in [0.5, 0.6) is 11.5 Å². The van der Waals surface area contributed by atoms with Gasteiger partial charge in [-0.2, -0.15) is 0 Å². The molecule has 3 heteroatoms. The van der Waals surface area contributed by atoms with E-state index in [0.717, 1.165) is 23.7 Å². The van der Waals surface area contributed by atoms with Crippen LogP contribution in [-0.4, -0.2) is 16.8 Å². The summed E-state index contributed by atoms with van der Waals surface area (Å²) in [6.07, 6.45) is 13.0. The summed E-state index contributed by atoms with van der Waals surface area (Å²) >= 11 is 0. The van der Waals surface area contributed by atoms with Gasteiger partial charge >= 0.3 is 0 Å². The van der Waals surface area contributed by atoms with Gasteiger partial charge in [-0.05, 0) is 95.9 Å². The molecule has 1 aromatic rings. The van der Waals surface area contributed by atoms with Crippen LogP contribution in [0.2, 0.25) is 0 Å². The van der Waals surface area contributed by atoms with Crippen LogP contribution in [-0.2, 0) is 5.41 Å². The zero-order valence-electron chi connectivity index (χ0n) is 20.6. The quantitative estimate of drug-likeness (QED) is 0.552. The largest absolute Gasteiger partial charge is 0.504 e. The first-order valence-electron chi connectivity index (χ1n) is 12.5. The van der Waals surface area contributed by atoms with Crippen molar-refractivity contribution in [2.45, 2.75) is 85.0 Å². The van der Waals surface area contributed by atoms with Crippen LogP contribution in [0.4, 0.5) is 0 Å². The number of rotatable bonds is 1. The van der Waals surface area contributed by atoms with Crippen LogP contribution < -0.4 is 16.2 Å². The van der Waals surface area contributed by atoms with E-state index in [0.29, 0.717) is 16.6 Å². The van der Waals surface area contributed by atoms with E-state index < -0.39 is 0 Å². The Bertz CT molecular complexity index is 1140. The fourth-order valence-corrected chi connectivity index (χ4v) is 8.62. The number of nitrogens with two attached hydrogens (primary N) is 1. The fraction of sp³-hybridized carbons (Fsp3) is 0.655. The third kappa shape index (κ3) is 2.52. The minimum Gasteiger partial charge on any atom is -0.504 e. The zero-order chi connectivity index (χ0) is 23.3. The predicted molar refractivity (Wildman–Crippen MR) is 132 cm³/mol. The molecule has 4 aliphatic carbocycles. The van der Waals surface area contributed by atoms with E-state index in [1.807, 2.05) is 0 Å². The highest BCUT2D eigenvalue weighted by Gasteiger charge is 2.66. The number of fused-ring (bicyclic) bond motifs is 7. The second-order valence-corrected chi connectivity index (χ2v) is 12.9. The third-order valence-electron chi connectivity index (χ3n) is 11.3. The van der Waals surface area contributed by atoms with Gasteiger partial charge in [0.15, 0.2) is 11.5 Å². The van der Waals surface area contributed by atoms with Crippen molar-refractivity contribution in [2.24, 2.45) is 33.3 Å². The van der Waals surface area contributed by atoms with Gasteiger partial charge < -0.3 is 15.9 Å². The Kier molecular flexibility index (Phi) is 4.44. The number of benzene rings is 1. The standard InChI is InChI=1S/C29H41NO2/c1-18-19-7-8-22-27(4,20(19)15-21(31)24(18)32)12-14-29(6)23-16-25(2,17-30)9-10-26(23,3)11-13-28(22,29)5/h7-8,15,23,31-32H,1,9-14,16-17,30H2,2-6H3. The number of phenolic OH excluding ortho intramolecular Hbond substituents is 2. The van der Waals surface area contributed by atoms with E-state index in [9.17, 15) is 10.2 Å². The van der Waals surface area contributed by atoms with Gasteiger partial charge in [0.25, 0.3) is 0 Å². The van der Waals surface area contributed by atoms with E-state index >= 15 is 0 Å². The molecule has 0 saturated heterocycles. The SMILES string of the molecule is C=c1c(O)c(O)cc2c1=CC=C1C2(C)CCC2(C)C3CC(C)(CN)CCC3(C)CCC12C. The molecule has 174 valence electrons. The molecule has 4 aliphatic rings. The summed E-state index contributed by atoms with van der Waals surface area (Å²) in [6.45, 7) is 17.3. The molecule has 3 fully saturated rings. The Labute approximate surface area is 193 Å². The molecule has 32 heavy (non-hydrogen) atoms. The van der Waals surface area contributed by atoms with E-state index in [4.69, 9.17) is 5.73 Å². The second-order valence-electron chi connectivity index (χ2n) is 12.9. The van der Waals surface area contributed by atoms with Gasteiger partial charge in [0.05, 0.1) is 0 Å². The number of phenols is 2. The molecule has 3 nitrogen and oxygen atoms in total. The first-order chi connectivity index (χ1) is 14.8. The van der Waals surface area contributed by atoms with Gasteiger partial charge in [0.2, 0.25) is 0 Å². The van der Waals surface area contributed by atoms with Crippen LogP contribution in [0.1, 0.15) is 85.1 Å². The van der Waals surface area contributed by atoms with Crippen molar-refractivity contribution >= 4 is 12.7 Å². The Morgan fingerprint density at radius 2 is 1.66 bits per heavy atom. The maximum atomic E-state index is 10.4. The van der Waals surface area contributed by atoms with E-state index in [2.05, 4.69) is 53.3 Å². The molecule has 6 unspecified atom stereocenters. The molecule has 0 aliphatic heterocycles. The second kappa shape index (κ2) is 6.44. The first kappa shape index (κ1) is 22.1. The number of aromatic hydroxyl groups is 2. The van der Waals surface area contributed by atoms with Crippen LogP contribution in [0, 0.1) is 27.6 Å². The molecule has 4 N–H and O–H groups in total. The van der Waals surface area contributed by atoms with Crippen LogP contribution in [0.15, 0.2) is 17.7 Å². The van der Waals surface area contributed by atoms with Crippen molar-refractivity contribution < 1.29 is 10.2 Å². The zero-order valence-corrected chi connectivity index (χ0v) is 20.6. The minimum atomic E-state index is -0.143. The smallest absolute Gasteiger partial charge is 0.164 e. The lowest BCUT2D eigenvalue weighted by Gasteiger charge is -2.70. The topological polar surface area (TPSA) is 66.5 Å². The summed E-state index contributed by atoms with van der Waals surface area (Å²) in [5.41, 5.74) is 9.76. The average Bonchev–Trinajstić information content (AvgIpc) is 2.76. The number of allylic oxidation sites excluding steroid dienone is 2. The van der Waals surface area contributed by atoms with Crippen molar-refractivity contribution in [3.05, 3.63) is 33.7 Å². The molecular formula is C29H41NO2. The van der Waals surface area contributed by atoms with Crippen molar-refractivity contribution in [3.8, 4) is 11.5 Å². The van der Waals surface area contributed by atoms with Crippen LogP contribution >= 0.6 is 0 Å². The highest BCUT2D eigenvalue weighted by atomic mass is 16.3. The monoisotopic (exact) mass is 435 g/mol. The predicted octanol–water partition coefficient (Wildman–Crippen LogP) is 4.86. The lowest BCUT2D eigenvalue weighted by Crippen LogP contribution is -2.63. The van der Waals surface area contributed by atoms with Crippen molar-refractivity contribution in [1.29, 1.82) is 0 Å². The molecule has 0 aromatic heterocycles. The van der Waals surface area contributed by atoms with Gasteiger partial charge in [-0.1, -0.05) is 58.9 Å². The van der Waals surface area contributed by atoms with E-state index in [-0.39, 0.29) is 33.2 Å². The summed E-state index contributed by atoms with van der Waals surface area (Å²) in [5.74, 6) is 0.522. The van der Waals surface area contributed by atoms with E-state index in [1.54, 1.807) is 6.07 Å². The molecule has 1 aromatic carbocycles. The highest BCUT2D eigenvalue weighted by Crippen LogP contribution is 2.74. The normalized spacial score (nSPS) is 44.9. The number of hydrogen-bond donors (Lipinski definition) is 3. The Hall–Kier alpha value is -1.74. The summed E-state index contributed by atoms with van der Waals surface area (Å²) in [7, 11) is 0. The lowest BCUT2D eigenvalue weighted by atomic mass is 9.35. The molecule has 0 bridgehead atoms. The summed E-state index contributed by atoms with van der Waals surface area (Å²) in [4.78, 5) is 0. The Morgan fingerprint density at radius 1 is 0.969 bits per heavy atom. The van der Waals surface area contributed by atoms with Crippen molar-refractivity contribution in [3.63, 3.8) is 0 Å². The van der Waals surface area contributed by atoms with Gasteiger partial charge in [-0.25, -0.2) is 0 Å². The molecule has 0 radical (unpaired) electrons. The van der Waals surface area contributed by atoms with Gasteiger partial charge in [-0.15, -0.1) is 0 Å². The maximum absolute atomic E-state index is 10.4. The van der Waals surface area contributed by atoms with Crippen LogP contribution in [0.3, 0.4) is 0 Å². The molecule has 3 saturated carbocycles. The van der Waals surface area contributed by atoms with Gasteiger partial charge in [0, 0.05) is 10.6 Å². The Morgan fingerprint density at radius 3 is 2.34 bits per heavy atom. The maximum Gasteiger partial charge on any atom is 0.164 e. The molecular weight excluding hydrogens is 394 g/mol. The van der Waals surface area contributed by atoms with Crippen LogP contribution in [0.25, 0.3) is 12.7 Å². The third-order valence-corrected chi connectivity index (χ3v) is 11.3. The van der Waals surface area contributed by atoms with E-state index in [1.165, 1.54) is 44.1 Å². The number of hydrogen-bond acceptors (Lipinski definition) is 3. The molecule has 0 heterocycles. The highest BCUT2D eigenvalue weighted by molar-refractivity contribution is 5.61. The first-order valence-corrected chi connectivity index (χ1v) is 12.5. The average molecular weight is 436 g/mol. The molecule has 6 atom stereocenters. The molecule has 0 spiro atoms.